The van der Waals surface area contributed by atoms with Gasteiger partial charge in [0.15, 0.2) is 5.78 Å². The van der Waals surface area contributed by atoms with Crippen LogP contribution in [0.3, 0.4) is 0 Å². The molecule has 0 aliphatic carbocycles. The SMILES string of the molecule is CC(C)(C)Oc1cc(C(=O)CC(N)=O)ccc1C1=N[C@@H](c2cccs2)[C@@H](c2ccc(Cl)cc2)N1C(=O)N1CCNC(=O)C1. The number of Topliss-reactive ketones (excluding diaryl/α,β-unsaturated/α-hetero) is 1. The Morgan fingerprint density at radius 3 is 2.51 bits per heavy atom. The van der Waals surface area contributed by atoms with Crippen molar-refractivity contribution in [1.82, 2.24) is 15.1 Å². The molecule has 1 saturated heterocycles. The summed E-state index contributed by atoms with van der Waals surface area (Å²) >= 11 is 7.76. The number of amidine groups is 1. The van der Waals surface area contributed by atoms with E-state index in [1.807, 2.05) is 50.4 Å². The van der Waals surface area contributed by atoms with Crippen LogP contribution in [0.1, 0.15) is 65.6 Å². The summed E-state index contributed by atoms with van der Waals surface area (Å²) in [6.45, 7) is 6.17. The number of piperazine rings is 1. The van der Waals surface area contributed by atoms with Gasteiger partial charge in [0, 0.05) is 28.6 Å². The van der Waals surface area contributed by atoms with Gasteiger partial charge in [-0.25, -0.2) is 4.79 Å². The van der Waals surface area contributed by atoms with Gasteiger partial charge in [-0.15, -0.1) is 11.3 Å². The number of primary amides is 1. The molecular weight excluding hydrogens is 590 g/mol. The van der Waals surface area contributed by atoms with Crippen LogP contribution >= 0.6 is 22.9 Å². The number of hydrogen-bond acceptors (Lipinski definition) is 7. The van der Waals surface area contributed by atoms with Crippen molar-refractivity contribution in [3.05, 3.63) is 86.6 Å². The first kappa shape index (κ1) is 30.2. The molecule has 224 valence electrons. The van der Waals surface area contributed by atoms with E-state index < -0.39 is 35.8 Å². The summed E-state index contributed by atoms with van der Waals surface area (Å²) < 4.78 is 6.33. The fourth-order valence-electron chi connectivity index (χ4n) is 5.13. The Balaban J connectivity index is 1.69. The summed E-state index contributed by atoms with van der Waals surface area (Å²) in [7, 11) is 0. The third-order valence-corrected chi connectivity index (χ3v) is 8.12. The number of ketones is 1. The second-order valence-corrected chi connectivity index (χ2v) is 12.7. The van der Waals surface area contributed by atoms with Gasteiger partial charge in [0.05, 0.1) is 18.0 Å². The largest absolute Gasteiger partial charge is 0.487 e. The number of nitrogens with two attached hydrogens (primary N) is 1. The minimum Gasteiger partial charge on any atom is -0.487 e. The molecule has 2 aliphatic heterocycles. The van der Waals surface area contributed by atoms with Gasteiger partial charge >= 0.3 is 6.03 Å². The quantitative estimate of drug-likeness (QED) is 0.290. The van der Waals surface area contributed by atoms with Crippen molar-refractivity contribution in [1.29, 1.82) is 0 Å². The van der Waals surface area contributed by atoms with Crippen LogP contribution < -0.4 is 15.8 Å². The number of amides is 4. The summed E-state index contributed by atoms with van der Waals surface area (Å²) in [6.07, 6.45) is -0.448. The molecule has 1 aromatic heterocycles. The van der Waals surface area contributed by atoms with E-state index in [2.05, 4.69) is 5.32 Å². The van der Waals surface area contributed by atoms with Crippen molar-refractivity contribution in [2.24, 2.45) is 10.7 Å². The van der Waals surface area contributed by atoms with Crippen LogP contribution in [0.5, 0.6) is 5.75 Å². The van der Waals surface area contributed by atoms with Gasteiger partial charge in [-0.05, 0) is 62.0 Å². The average molecular weight is 622 g/mol. The number of carbonyl (C=O) groups excluding carboxylic acids is 4. The highest BCUT2D eigenvalue weighted by Gasteiger charge is 2.45. The predicted octanol–water partition coefficient (Wildman–Crippen LogP) is 4.73. The third kappa shape index (κ3) is 6.73. The molecule has 3 aromatic rings. The van der Waals surface area contributed by atoms with Gasteiger partial charge in [0.2, 0.25) is 11.8 Å². The van der Waals surface area contributed by atoms with Crippen molar-refractivity contribution < 1.29 is 23.9 Å². The van der Waals surface area contributed by atoms with Crippen LogP contribution in [-0.2, 0) is 9.59 Å². The molecule has 0 spiro atoms. The number of halogens is 1. The normalized spacial score (nSPS) is 18.7. The number of nitrogens with one attached hydrogen (secondary N) is 1. The fourth-order valence-corrected chi connectivity index (χ4v) is 6.04. The molecule has 2 aliphatic rings. The maximum absolute atomic E-state index is 14.4. The second-order valence-electron chi connectivity index (χ2n) is 11.3. The van der Waals surface area contributed by atoms with Crippen molar-refractivity contribution in [3.63, 3.8) is 0 Å². The maximum atomic E-state index is 14.4. The number of carbonyl (C=O) groups is 4. The minimum atomic E-state index is -0.737. The number of nitrogens with zero attached hydrogens (tertiary/aromatic N) is 3. The van der Waals surface area contributed by atoms with E-state index in [0.717, 1.165) is 10.4 Å². The Bertz CT molecular complexity index is 1580. The monoisotopic (exact) mass is 621 g/mol. The van der Waals surface area contributed by atoms with E-state index in [4.69, 9.17) is 27.1 Å². The molecule has 4 amide bonds. The molecule has 0 bridgehead atoms. The molecule has 1 fully saturated rings. The standard InChI is InChI=1S/C31H32ClN5O5S/c1-31(2,3)42-23-15-19(22(38)16-25(33)39)8-11-21(23)29-35-27(24-5-4-14-43-24)28(18-6-9-20(32)10-7-18)37(29)30(41)36-13-12-34-26(40)17-36/h4-11,14-15,27-28H,12-13,16-17H2,1-3H3,(H2,33,39)(H,34,40)/t27-,28+/m0/s1. The number of urea groups is 1. The van der Waals surface area contributed by atoms with Gasteiger partial charge in [0.25, 0.3) is 0 Å². The van der Waals surface area contributed by atoms with Gasteiger partial charge in [0.1, 0.15) is 29.8 Å². The Hall–Kier alpha value is -4.22. The van der Waals surface area contributed by atoms with Crippen LogP contribution in [0.25, 0.3) is 0 Å². The molecule has 2 atom stereocenters. The van der Waals surface area contributed by atoms with Crippen LogP contribution in [0.2, 0.25) is 5.02 Å². The Morgan fingerprint density at radius 1 is 1.14 bits per heavy atom. The van der Waals surface area contributed by atoms with Crippen LogP contribution in [0.15, 0.2) is 65.0 Å². The molecule has 0 radical (unpaired) electrons. The Kier molecular flexibility index (Phi) is 8.57. The zero-order valence-corrected chi connectivity index (χ0v) is 25.6. The highest BCUT2D eigenvalue weighted by molar-refractivity contribution is 7.10. The first-order chi connectivity index (χ1) is 20.4. The van der Waals surface area contributed by atoms with Gasteiger partial charge in [-0.3, -0.25) is 24.3 Å². The molecule has 5 rings (SSSR count). The smallest absolute Gasteiger partial charge is 0.326 e. The van der Waals surface area contributed by atoms with Gasteiger partial charge in [-0.1, -0.05) is 35.9 Å². The highest BCUT2D eigenvalue weighted by atomic mass is 35.5. The molecule has 12 heteroatoms. The van der Waals surface area contributed by atoms with E-state index in [-0.39, 0.29) is 24.0 Å². The van der Waals surface area contributed by atoms with Crippen molar-refractivity contribution in [3.8, 4) is 5.75 Å². The highest BCUT2D eigenvalue weighted by Crippen LogP contribution is 2.46. The lowest BCUT2D eigenvalue weighted by molar-refractivity contribution is -0.123. The van der Waals surface area contributed by atoms with Crippen molar-refractivity contribution in [2.45, 2.75) is 44.9 Å². The van der Waals surface area contributed by atoms with Crippen molar-refractivity contribution >= 4 is 52.4 Å². The summed E-state index contributed by atoms with van der Waals surface area (Å²) in [4.78, 5) is 60.2. The molecule has 3 heterocycles. The number of benzene rings is 2. The van der Waals surface area contributed by atoms with Crippen molar-refractivity contribution in [2.75, 3.05) is 19.6 Å². The summed E-state index contributed by atoms with van der Waals surface area (Å²) in [5.74, 6) is -0.780. The molecule has 0 saturated carbocycles. The van der Waals surface area contributed by atoms with Crippen LogP contribution in [0, 0.1) is 0 Å². The lowest BCUT2D eigenvalue weighted by Crippen LogP contribution is -2.55. The summed E-state index contributed by atoms with van der Waals surface area (Å²) in [5.41, 5.74) is 6.14. The van der Waals surface area contributed by atoms with E-state index in [9.17, 15) is 19.2 Å². The van der Waals surface area contributed by atoms with Gasteiger partial charge < -0.3 is 20.7 Å². The second kappa shape index (κ2) is 12.2. The fraction of sp³-hybridized carbons (Fsp3) is 0.323. The predicted molar refractivity (Wildman–Crippen MR) is 165 cm³/mol. The topological polar surface area (TPSA) is 134 Å². The molecule has 2 aromatic carbocycles. The van der Waals surface area contributed by atoms with Crippen LogP contribution in [-0.4, -0.2) is 64.5 Å². The molecule has 0 unspecified atom stereocenters. The summed E-state index contributed by atoms with van der Waals surface area (Å²) in [5, 5.41) is 5.27. The van der Waals surface area contributed by atoms with E-state index in [1.54, 1.807) is 35.2 Å². The zero-order valence-electron chi connectivity index (χ0n) is 24.0. The lowest BCUT2D eigenvalue weighted by Gasteiger charge is -2.36. The molecule has 10 nitrogen and oxygen atoms in total. The molecular formula is C31H32ClN5O5S. The zero-order chi connectivity index (χ0) is 30.9. The number of rotatable bonds is 7. The first-order valence-corrected chi connectivity index (χ1v) is 15.0. The van der Waals surface area contributed by atoms with E-state index in [1.165, 1.54) is 16.2 Å². The number of aliphatic imine (C=N–C) groups is 1. The maximum Gasteiger partial charge on any atom is 0.326 e. The van der Waals surface area contributed by atoms with E-state index >= 15 is 0 Å². The number of hydrogen-bond donors (Lipinski definition) is 2. The van der Waals surface area contributed by atoms with Gasteiger partial charge in [-0.2, -0.15) is 0 Å². The molecule has 43 heavy (non-hydrogen) atoms. The Labute approximate surface area is 258 Å². The average Bonchev–Trinajstić information content (AvgIpc) is 3.60. The summed E-state index contributed by atoms with van der Waals surface area (Å²) in [6, 6.07) is 14.6. The number of ether oxygens (including phenoxy) is 1. The first-order valence-electron chi connectivity index (χ1n) is 13.8. The molecule has 3 N–H and O–H groups in total. The van der Waals surface area contributed by atoms with Crippen LogP contribution in [0.4, 0.5) is 4.79 Å². The number of thiophene rings is 1. The minimum absolute atomic E-state index is 0.0917. The third-order valence-electron chi connectivity index (χ3n) is 6.92. The lowest BCUT2D eigenvalue weighted by atomic mass is 9.97. The Morgan fingerprint density at radius 2 is 1.88 bits per heavy atom. The van der Waals surface area contributed by atoms with E-state index in [0.29, 0.717) is 35.3 Å².